The summed E-state index contributed by atoms with van der Waals surface area (Å²) in [7, 11) is 0. The Labute approximate surface area is 91.3 Å². The molecule has 0 radical (unpaired) electrons. The number of aryl methyl sites for hydroxylation is 1. The van der Waals surface area contributed by atoms with Gasteiger partial charge in [-0.05, 0) is 38.3 Å². The van der Waals surface area contributed by atoms with E-state index in [1.807, 2.05) is 0 Å². The second-order valence-corrected chi connectivity index (χ2v) is 4.24. The van der Waals surface area contributed by atoms with Crippen LogP contribution in [0.25, 0.3) is 0 Å². The first-order valence-electron chi connectivity index (χ1n) is 5.84. The molecule has 15 heavy (non-hydrogen) atoms. The minimum atomic E-state index is 0.628. The minimum absolute atomic E-state index is 0.628. The first-order chi connectivity index (χ1) is 7.31. The van der Waals surface area contributed by atoms with Gasteiger partial charge in [0.05, 0.1) is 0 Å². The zero-order valence-electron chi connectivity index (χ0n) is 9.58. The predicted molar refractivity (Wildman–Crippen MR) is 60.9 cm³/mol. The van der Waals surface area contributed by atoms with Crippen LogP contribution in [0.4, 0.5) is 0 Å². The highest BCUT2D eigenvalue weighted by Gasteiger charge is 2.16. The van der Waals surface area contributed by atoms with E-state index in [-0.39, 0.29) is 0 Å². The molecule has 1 aliphatic heterocycles. The van der Waals surface area contributed by atoms with Gasteiger partial charge in [0.25, 0.3) is 0 Å². The fourth-order valence-corrected chi connectivity index (χ4v) is 2.26. The lowest BCUT2D eigenvalue weighted by Gasteiger charge is -2.12. The van der Waals surface area contributed by atoms with Crippen molar-refractivity contribution in [3.8, 4) is 0 Å². The van der Waals surface area contributed by atoms with Crippen molar-refractivity contribution in [1.82, 2.24) is 15.3 Å². The van der Waals surface area contributed by atoms with Crippen molar-refractivity contribution in [2.24, 2.45) is 0 Å². The van der Waals surface area contributed by atoms with E-state index in [4.69, 9.17) is 0 Å². The fraction of sp³-hybridized carbons (Fsp3) is 0.667. The van der Waals surface area contributed by atoms with E-state index in [0.717, 1.165) is 19.4 Å². The summed E-state index contributed by atoms with van der Waals surface area (Å²) in [5.41, 5.74) is 3.70. The maximum Gasteiger partial charge on any atom is 0.115 e. The second kappa shape index (κ2) is 4.71. The molecule has 1 aliphatic rings. The number of nitrogens with one attached hydrogen (secondary N) is 1. The summed E-state index contributed by atoms with van der Waals surface area (Å²) in [6.45, 7) is 5.45. The van der Waals surface area contributed by atoms with Gasteiger partial charge in [-0.2, -0.15) is 0 Å². The Morgan fingerprint density at radius 2 is 2.20 bits per heavy atom. The molecule has 2 heterocycles. The highest BCUT2D eigenvalue weighted by molar-refractivity contribution is 5.23. The van der Waals surface area contributed by atoms with Crippen molar-refractivity contribution >= 4 is 0 Å². The van der Waals surface area contributed by atoms with Crippen LogP contribution in [-0.4, -0.2) is 22.6 Å². The van der Waals surface area contributed by atoms with Crippen LogP contribution in [0.15, 0.2) is 6.33 Å². The minimum Gasteiger partial charge on any atom is -0.314 e. The van der Waals surface area contributed by atoms with Gasteiger partial charge in [0.2, 0.25) is 0 Å². The fourth-order valence-electron chi connectivity index (χ4n) is 2.26. The molecule has 0 saturated carbocycles. The van der Waals surface area contributed by atoms with Crippen molar-refractivity contribution in [3.05, 3.63) is 23.3 Å². The first-order valence-corrected chi connectivity index (χ1v) is 5.84. The van der Waals surface area contributed by atoms with Gasteiger partial charge >= 0.3 is 0 Å². The molecule has 1 saturated heterocycles. The third-order valence-electron chi connectivity index (χ3n) is 3.23. The van der Waals surface area contributed by atoms with Crippen molar-refractivity contribution < 1.29 is 0 Å². The van der Waals surface area contributed by atoms with E-state index < -0.39 is 0 Å². The highest BCUT2D eigenvalue weighted by Crippen LogP contribution is 2.15. The molecule has 1 aromatic rings. The Morgan fingerprint density at radius 1 is 1.40 bits per heavy atom. The molecular formula is C12H19N3. The SMILES string of the molecule is CCc1ncnc(CC2CCCN2)c1C. The smallest absolute Gasteiger partial charge is 0.115 e. The molecule has 1 unspecified atom stereocenters. The van der Waals surface area contributed by atoms with Gasteiger partial charge in [0, 0.05) is 23.9 Å². The molecule has 1 fully saturated rings. The maximum atomic E-state index is 4.40. The van der Waals surface area contributed by atoms with Gasteiger partial charge in [-0.15, -0.1) is 0 Å². The van der Waals surface area contributed by atoms with Crippen molar-refractivity contribution in [2.75, 3.05) is 6.54 Å². The molecule has 0 amide bonds. The quantitative estimate of drug-likeness (QED) is 0.815. The normalized spacial score (nSPS) is 20.8. The standard InChI is InChI=1S/C12H19N3/c1-3-11-9(2)12(15-8-14-11)7-10-5-4-6-13-10/h8,10,13H,3-7H2,1-2H3. The topological polar surface area (TPSA) is 37.8 Å². The van der Waals surface area contributed by atoms with E-state index >= 15 is 0 Å². The molecule has 1 N–H and O–H groups in total. The van der Waals surface area contributed by atoms with Crippen LogP contribution in [0.3, 0.4) is 0 Å². The monoisotopic (exact) mass is 205 g/mol. The molecule has 82 valence electrons. The van der Waals surface area contributed by atoms with Gasteiger partial charge in [0.1, 0.15) is 6.33 Å². The van der Waals surface area contributed by atoms with Gasteiger partial charge in [-0.25, -0.2) is 9.97 Å². The second-order valence-electron chi connectivity index (χ2n) is 4.24. The van der Waals surface area contributed by atoms with E-state index in [1.165, 1.54) is 29.8 Å². The van der Waals surface area contributed by atoms with Crippen LogP contribution in [0.1, 0.15) is 36.7 Å². The van der Waals surface area contributed by atoms with Crippen molar-refractivity contribution in [3.63, 3.8) is 0 Å². The van der Waals surface area contributed by atoms with Crippen LogP contribution >= 0.6 is 0 Å². The molecule has 2 rings (SSSR count). The lowest BCUT2D eigenvalue weighted by molar-refractivity contribution is 0.591. The van der Waals surface area contributed by atoms with Crippen LogP contribution in [0, 0.1) is 6.92 Å². The summed E-state index contributed by atoms with van der Waals surface area (Å²) < 4.78 is 0. The number of rotatable bonds is 3. The van der Waals surface area contributed by atoms with Gasteiger partial charge in [-0.3, -0.25) is 0 Å². The Bertz CT molecular complexity index is 330. The average molecular weight is 205 g/mol. The van der Waals surface area contributed by atoms with Crippen molar-refractivity contribution in [1.29, 1.82) is 0 Å². The Hall–Kier alpha value is -0.960. The molecule has 0 spiro atoms. The lowest BCUT2D eigenvalue weighted by atomic mass is 10.0. The Balaban J connectivity index is 2.13. The molecule has 0 bridgehead atoms. The largest absolute Gasteiger partial charge is 0.314 e. The average Bonchev–Trinajstić information content (AvgIpc) is 2.74. The van der Waals surface area contributed by atoms with Crippen LogP contribution in [0.2, 0.25) is 0 Å². The lowest BCUT2D eigenvalue weighted by Crippen LogP contribution is -2.24. The summed E-state index contributed by atoms with van der Waals surface area (Å²) in [6.07, 6.45) is 6.34. The summed E-state index contributed by atoms with van der Waals surface area (Å²) in [4.78, 5) is 8.70. The molecule has 0 aromatic carbocycles. The molecular weight excluding hydrogens is 186 g/mol. The van der Waals surface area contributed by atoms with Crippen LogP contribution in [0.5, 0.6) is 0 Å². The third-order valence-corrected chi connectivity index (χ3v) is 3.23. The molecule has 1 atom stereocenters. The van der Waals surface area contributed by atoms with Crippen molar-refractivity contribution in [2.45, 2.75) is 45.6 Å². The summed E-state index contributed by atoms with van der Waals surface area (Å²) in [5.74, 6) is 0. The van der Waals surface area contributed by atoms with E-state index in [0.29, 0.717) is 6.04 Å². The van der Waals surface area contributed by atoms with Gasteiger partial charge in [-0.1, -0.05) is 6.92 Å². The molecule has 0 aliphatic carbocycles. The molecule has 3 heteroatoms. The number of nitrogens with zero attached hydrogens (tertiary/aromatic N) is 2. The van der Waals surface area contributed by atoms with Crippen LogP contribution in [-0.2, 0) is 12.8 Å². The highest BCUT2D eigenvalue weighted by atomic mass is 14.9. The number of hydrogen-bond donors (Lipinski definition) is 1. The van der Waals surface area contributed by atoms with E-state index in [1.54, 1.807) is 6.33 Å². The van der Waals surface area contributed by atoms with E-state index in [2.05, 4.69) is 29.1 Å². The Morgan fingerprint density at radius 3 is 2.87 bits per heavy atom. The van der Waals surface area contributed by atoms with Gasteiger partial charge in [0.15, 0.2) is 0 Å². The number of aromatic nitrogens is 2. The zero-order chi connectivity index (χ0) is 10.7. The summed E-state index contributed by atoms with van der Waals surface area (Å²) >= 11 is 0. The van der Waals surface area contributed by atoms with Crippen LogP contribution < -0.4 is 5.32 Å². The first kappa shape index (κ1) is 10.6. The predicted octanol–water partition coefficient (Wildman–Crippen LogP) is 1.64. The summed E-state index contributed by atoms with van der Waals surface area (Å²) in [6, 6.07) is 0.628. The molecule has 3 nitrogen and oxygen atoms in total. The number of hydrogen-bond acceptors (Lipinski definition) is 3. The zero-order valence-corrected chi connectivity index (χ0v) is 9.58. The van der Waals surface area contributed by atoms with Gasteiger partial charge < -0.3 is 5.32 Å². The Kier molecular flexibility index (Phi) is 3.31. The maximum absolute atomic E-state index is 4.40. The molecule has 1 aromatic heterocycles. The summed E-state index contributed by atoms with van der Waals surface area (Å²) in [5, 5.41) is 3.51. The third kappa shape index (κ3) is 2.34. The van der Waals surface area contributed by atoms with E-state index in [9.17, 15) is 0 Å².